The molecule has 0 aliphatic carbocycles. The second-order valence-electron chi connectivity index (χ2n) is 4.32. The fraction of sp³-hybridized carbons (Fsp3) is 0.583. The van der Waals surface area contributed by atoms with E-state index in [0.29, 0.717) is 13.0 Å². The van der Waals surface area contributed by atoms with Crippen LogP contribution in [0.4, 0.5) is 0 Å². The first-order chi connectivity index (χ1) is 8.74. The Morgan fingerprint density at radius 1 is 1.44 bits per heavy atom. The van der Waals surface area contributed by atoms with E-state index in [1.54, 1.807) is 11.3 Å². The number of rotatable bonds is 5. The van der Waals surface area contributed by atoms with E-state index in [-0.39, 0.29) is 5.91 Å². The summed E-state index contributed by atoms with van der Waals surface area (Å²) in [5.74, 6) is 0.137. The Bertz CT molecular complexity index is 390. The number of carbonyl (C=O) groups is 1. The first kappa shape index (κ1) is 14.0. The third-order valence-corrected chi connectivity index (χ3v) is 4.58. The Morgan fingerprint density at radius 2 is 2.22 bits per heavy atom. The van der Waals surface area contributed by atoms with Gasteiger partial charge in [0.25, 0.3) is 0 Å². The summed E-state index contributed by atoms with van der Waals surface area (Å²) < 4.78 is 1.10. The van der Waals surface area contributed by atoms with Crippen molar-refractivity contribution in [3.63, 3.8) is 0 Å². The van der Waals surface area contributed by atoms with Crippen LogP contribution in [0.2, 0.25) is 0 Å². The third-order valence-electron chi connectivity index (χ3n) is 2.95. The summed E-state index contributed by atoms with van der Waals surface area (Å²) >= 11 is 5.07. The number of nitrogens with one attached hydrogen (secondary N) is 2. The smallest absolute Gasteiger partial charge is 0.221 e. The van der Waals surface area contributed by atoms with Gasteiger partial charge in [-0.1, -0.05) is 0 Å². The SMILES string of the molecule is O=C(CCN1CCNCC1)NCc1ccc(Br)s1. The van der Waals surface area contributed by atoms with E-state index in [0.717, 1.165) is 36.5 Å². The molecule has 1 aliphatic rings. The molecule has 2 N–H and O–H groups in total. The average Bonchev–Trinajstić information content (AvgIpc) is 2.81. The standard InChI is InChI=1S/C12H18BrN3OS/c13-11-2-1-10(18-11)9-15-12(17)3-6-16-7-4-14-5-8-16/h1-2,14H,3-9H2,(H,15,17). The molecule has 0 aromatic carbocycles. The molecule has 1 aromatic rings. The summed E-state index contributed by atoms with van der Waals surface area (Å²) in [4.78, 5) is 15.2. The van der Waals surface area contributed by atoms with E-state index < -0.39 is 0 Å². The van der Waals surface area contributed by atoms with Crippen LogP contribution in [0.5, 0.6) is 0 Å². The summed E-state index contributed by atoms with van der Waals surface area (Å²) in [7, 11) is 0. The van der Waals surface area contributed by atoms with E-state index >= 15 is 0 Å². The summed E-state index contributed by atoms with van der Waals surface area (Å²) in [5.41, 5.74) is 0. The Kier molecular flexibility index (Phi) is 5.62. The fourth-order valence-electron chi connectivity index (χ4n) is 1.92. The molecule has 18 heavy (non-hydrogen) atoms. The molecule has 1 aromatic heterocycles. The van der Waals surface area contributed by atoms with Crippen molar-refractivity contribution in [3.05, 3.63) is 20.8 Å². The van der Waals surface area contributed by atoms with Crippen LogP contribution in [0.25, 0.3) is 0 Å². The molecule has 0 atom stereocenters. The molecule has 4 nitrogen and oxygen atoms in total. The number of hydrogen-bond donors (Lipinski definition) is 2. The van der Waals surface area contributed by atoms with Crippen molar-refractivity contribution in [1.82, 2.24) is 15.5 Å². The van der Waals surface area contributed by atoms with E-state index in [1.165, 1.54) is 4.88 Å². The molecule has 2 rings (SSSR count). The van der Waals surface area contributed by atoms with Crippen molar-refractivity contribution in [2.45, 2.75) is 13.0 Å². The number of piperazine rings is 1. The summed E-state index contributed by atoms with van der Waals surface area (Å²) in [6.07, 6.45) is 0.590. The molecule has 0 unspecified atom stereocenters. The Morgan fingerprint density at radius 3 is 2.89 bits per heavy atom. The molecule has 1 aliphatic heterocycles. The lowest BCUT2D eigenvalue weighted by Gasteiger charge is -2.26. The van der Waals surface area contributed by atoms with Crippen LogP contribution < -0.4 is 10.6 Å². The maximum Gasteiger partial charge on any atom is 0.221 e. The summed E-state index contributed by atoms with van der Waals surface area (Å²) in [6, 6.07) is 4.04. The average molecular weight is 332 g/mol. The van der Waals surface area contributed by atoms with Crippen molar-refractivity contribution in [3.8, 4) is 0 Å². The maximum absolute atomic E-state index is 11.7. The number of hydrogen-bond acceptors (Lipinski definition) is 4. The zero-order chi connectivity index (χ0) is 12.8. The summed E-state index contributed by atoms with van der Waals surface area (Å²) in [6.45, 7) is 5.66. The third kappa shape index (κ3) is 4.68. The Labute approximate surface area is 120 Å². The molecule has 0 saturated carbocycles. The number of halogens is 1. The van der Waals surface area contributed by atoms with Gasteiger partial charge in [0.2, 0.25) is 5.91 Å². The van der Waals surface area contributed by atoms with Crippen molar-refractivity contribution < 1.29 is 4.79 Å². The van der Waals surface area contributed by atoms with E-state index in [2.05, 4.69) is 31.5 Å². The van der Waals surface area contributed by atoms with Crippen molar-refractivity contribution in [2.24, 2.45) is 0 Å². The van der Waals surface area contributed by atoms with Crippen LogP contribution in [0.3, 0.4) is 0 Å². The van der Waals surface area contributed by atoms with Gasteiger partial charge >= 0.3 is 0 Å². The van der Waals surface area contributed by atoms with E-state index in [9.17, 15) is 4.79 Å². The van der Waals surface area contributed by atoms with Crippen molar-refractivity contribution in [2.75, 3.05) is 32.7 Å². The Balaban J connectivity index is 1.62. The lowest BCUT2D eigenvalue weighted by molar-refractivity contribution is -0.121. The molecular formula is C12H18BrN3OS. The summed E-state index contributed by atoms with van der Waals surface area (Å²) in [5, 5.41) is 6.27. The zero-order valence-corrected chi connectivity index (χ0v) is 12.6. The zero-order valence-electron chi connectivity index (χ0n) is 10.2. The Hall–Kier alpha value is -0.430. The van der Waals surface area contributed by atoms with E-state index in [1.807, 2.05) is 12.1 Å². The molecular weight excluding hydrogens is 314 g/mol. The second-order valence-corrected chi connectivity index (χ2v) is 6.87. The fourth-order valence-corrected chi connectivity index (χ4v) is 3.34. The molecule has 2 heterocycles. The van der Waals surface area contributed by atoms with Crippen LogP contribution in [-0.2, 0) is 11.3 Å². The van der Waals surface area contributed by atoms with Gasteiger partial charge < -0.3 is 15.5 Å². The van der Waals surface area contributed by atoms with Crippen LogP contribution in [0.1, 0.15) is 11.3 Å². The van der Waals surface area contributed by atoms with Gasteiger partial charge in [0.05, 0.1) is 10.3 Å². The minimum absolute atomic E-state index is 0.137. The van der Waals surface area contributed by atoms with E-state index in [4.69, 9.17) is 0 Å². The van der Waals surface area contributed by atoms with Crippen molar-refractivity contribution >= 4 is 33.2 Å². The number of nitrogens with zero attached hydrogens (tertiary/aromatic N) is 1. The quantitative estimate of drug-likeness (QED) is 0.857. The highest BCUT2D eigenvalue weighted by molar-refractivity contribution is 9.11. The molecule has 6 heteroatoms. The minimum atomic E-state index is 0.137. The molecule has 1 fully saturated rings. The molecule has 100 valence electrons. The highest BCUT2D eigenvalue weighted by Crippen LogP contribution is 2.21. The predicted octanol–water partition coefficient (Wildman–Crippen LogP) is 1.42. The van der Waals surface area contributed by atoms with Crippen LogP contribution in [-0.4, -0.2) is 43.5 Å². The van der Waals surface area contributed by atoms with Crippen LogP contribution in [0.15, 0.2) is 15.9 Å². The van der Waals surface area contributed by atoms with Crippen LogP contribution in [0, 0.1) is 0 Å². The first-order valence-corrected chi connectivity index (χ1v) is 7.79. The highest BCUT2D eigenvalue weighted by atomic mass is 79.9. The number of amides is 1. The monoisotopic (exact) mass is 331 g/mol. The van der Waals surface area contributed by atoms with Gasteiger partial charge in [-0.3, -0.25) is 4.79 Å². The molecule has 0 bridgehead atoms. The second kappa shape index (κ2) is 7.23. The van der Waals surface area contributed by atoms with Gasteiger partial charge in [-0.05, 0) is 28.1 Å². The normalized spacial score (nSPS) is 16.7. The number of carbonyl (C=O) groups excluding carboxylic acids is 1. The van der Waals surface area contributed by atoms with Gasteiger partial charge in [0, 0.05) is 44.0 Å². The maximum atomic E-state index is 11.7. The van der Waals surface area contributed by atoms with Gasteiger partial charge in [-0.25, -0.2) is 0 Å². The number of thiophene rings is 1. The van der Waals surface area contributed by atoms with Crippen LogP contribution >= 0.6 is 27.3 Å². The lowest BCUT2D eigenvalue weighted by Crippen LogP contribution is -2.44. The van der Waals surface area contributed by atoms with Gasteiger partial charge in [0.15, 0.2) is 0 Å². The molecule has 0 spiro atoms. The first-order valence-electron chi connectivity index (χ1n) is 6.18. The van der Waals surface area contributed by atoms with Gasteiger partial charge in [-0.15, -0.1) is 11.3 Å². The lowest BCUT2D eigenvalue weighted by atomic mass is 10.3. The molecule has 1 amide bonds. The van der Waals surface area contributed by atoms with Gasteiger partial charge in [-0.2, -0.15) is 0 Å². The van der Waals surface area contributed by atoms with Gasteiger partial charge in [0.1, 0.15) is 0 Å². The van der Waals surface area contributed by atoms with Crippen molar-refractivity contribution in [1.29, 1.82) is 0 Å². The largest absolute Gasteiger partial charge is 0.351 e. The predicted molar refractivity (Wildman–Crippen MR) is 77.8 cm³/mol. The highest BCUT2D eigenvalue weighted by Gasteiger charge is 2.11. The topological polar surface area (TPSA) is 44.4 Å². The molecule has 1 saturated heterocycles. The molecule has 0 radical (unpaired) electrons. The minimum Gasteiger partial charge on any atom is -0.351 e.